The van der Waals surface area contributed by atoms with E-state index < -0.39 is 5.92 Å². The molecule has 1 heterocycles. The molecule has 0 bridgehead atoms. The number of carbonyl (C=O) groups is 1. The number of hydrogen-bond acceptors (Lipinski definition) is 2. The first-order valence-electron chi connectivity index (χ1n) is 12.1. The number of fused-ring (bicyclic) bond motifs is 1. The number of halogens is 1. The number of amides is 1. The van der Waals surface area contributed by atoms with E-state index in [-0.39, 0.29) is 18.1 Å². The first-order valence-corrected chi connectivity index (χ1v) is 12.1. The van der Waals surface area contributed by atoms with Gasteiger partial charge in [-0.2, -0.15) is 0 Å². The lowest BCUT2D eigenvalue weighted by molar-refractivity contribution is -0.121. The van der Waals surface area contributed by atoms with Crippen LogP contribution < -0.4 is 10.1 Å². The van der Waals surface area contributed by atoms with E-state index >= 15 is 4.39 Å². The van der Waals surface area contributed by atoms with Gasteiger partial charge in [-0.3, -0.25) is 4.79 Å². The molecule has 1 amide bonds. The maximum atomic E-state index is 15.1. The Balaban J connectivity index is 1.77. The minimum absolute atomic E-state index is 0.0726. The zero-order valence-electron chi connectivity index (χ0n) is 20.8. The number of aryl methyl sites for hydroxylation is 1. The molecule has 3 aromatic carbocycles. The lowest BCUT2D eigenvalue weighted by Gasteiger charge is -2.19. The Morgan fingerprint density at radius 1 is 1.03 bits per heavy atom. The molecule has 4 rings (SSSR count). The Morgan fingerprint density at radius 2 is 1.77 bits per heavy atom. The van der Waals surface area contributed by atoms with Crippen molar-refractivity contribution in [3.05, 3.63) is 101 Å². The number of carbonyl (C=O) groups excluding carboxylic acids is 1. The number of ether oxygens (including phenoxy) is 1. The summed E-state index contributed by atoms with van der Waals surface area (Å²) in [7, 11) is 1.66. The predicted molar refractivity (Wildman–Crippen MR) is 139 cm³/mol. The Bertz CT molecular complexity index is 1310. The summed E-state index contributed by atoms with van der Waals surface area (Å²) in [6.45, 7) is 7.33. The van der Waals surface area contributed by atoms with Crippen molar-refractivity contribution in [3.63, 3.8) is 0 Å². The second kappa shape index (κ2) is 10.8. The fourth-order valence-corrected chi connectivity index (χ4v) is 4.50. The zero-order valence-corrected chi connectivity index (χ0v) is 20.8. The number of rotatable bonds is 9. The van der Waals surface area contributed by atoms with Crippen LogP contribution in [0, 0.1) is 18.7 Å². The molecule has 5 heteroatoms. The second-order valence-corrected chi connectivity index (χ2v) is 9.56. The molecule has 1 aromatic heterocycles. The maximum Gasteiger partial charge on any atom is 0.220 e. The van der Waals surface area contributed by atoms with Gasteiger partial charge in [-0.25, -0.2) is 4.39 Å². The molecule has 0 unspecified atom stereocenters. The standard InChI is InChI=1S/C30H33FN2O2/c1-20(2)17-32-30(34)16-25(26-15-21(3)9-14-28(26)31)27-19-33(29-8-6-5-7-24(27)29)18-22-10-12-23(35-4)13-11-22/h5-15,19-20,25H,16-18H2,1-4H3,(H,32,34)/t25-/m1/s1. The van der Waals surface area contributed by atoms with Crippen LogP contribution in [0.3, 0.4) is 0 Å². The maximum absolute atomic E-state index is 15.1. The number of nitrogens with zero attached hydrogens (tertiary/aromatic N) is 1. The predicted octanol–water partition coefficient (Wildman–Crippen LogP) is 6.44. The normalized spacial score (nSPS) is 12.2. The van der Waals surface area contributed by atoms with Crippen molar-refractivity contribution in [2.45, 2.75) is 39.7 Å². The third-order valence-corrected chi connectivity index (χ3v) is 6.33. The highest BCUT2D eigenvalue weighted by Gasteiger charge is 2.25. The number of methoxy groups -OCH3 is 1. The topological polar surface area (TPSA) is 43.3 Å². The van der Waals surface area contributed by atoms with E-state index in [1.807, 2.05) is 49.4 Å². The molecule has 1 N–H and O–H groups in total. The molecule has 35 heavy (non-hydrogen) atoms. The Kier molecular flexibility index (Phi) is 7.54. The lowest BCUT2D eigenvalue weighted by Crippen LogP contribution is -2.29. The summed E-state index contributed by atoms with van der Waals surface area (Å²) < 4.78 is 22.6. The molecular weight excluding hydrogens is 439 g/mol. The first-order chi connectivity index (χ1) is 16.9. The Morgan fingerprint density at radius 3 is 2.49 bits per heavy atom. The number of nitrogens with one attached hydrogen (secondary N) is 1. The third-order valence-electron chi connectivity index (χ3n) is 6.33. The van der Waals surface area contributed by atoms with Crippen LogP contribution in [-0.4, -0.2) is 24.1 Å². The van der Waals surface area contributed by atoms with E-state index in [1.165, 1.54) is 6.07 Å². The average molecular weight is 473 g/mol. The summed E-state index contributed by atoms with van der Waals surface area (Å²) in [6.07, 6.45) is 2.26. The van der Waals surface area contributed by atoms with Crippen molar-refractivity contribution in [3.8, 4) is 5.75 Å². The highest BCUT2D eigenvalue weighted by molar-refractivity contribution is 5.87. The summed E-state index contributed by atoms with van der Waals surface area (Å²) in [6, 6.07) is 21.3. The minimum atomic E-state index is -0.399. The largest absolute Gasteiger partial charge is 0.497 e. The molecule has 0 radical (unpaired) electrons. The fraction of sp³-hybridized carbons (Fsp3) is 0.300. The molecule has 0 aliphatic heterocycles. The molecule has 0 aliphatic carbocycles. The SMILES string of the molecule is COc1ccc(Cn2cc([C@H](CC(=O)NCC(C)C)c3cc(C)ccc3F)c3ccccc32)cc1. The molecular formula is C30H33FN2O2. The molecule has 1 atom stereocenters. The smallest absolute Gasteiger partial charge is 0.220 e. The van der Waals surface area contributed by atoms with E-state index in [0.29, 0.717) is 24.6 Å². The van der Waals surface area contributed by atoms with Gasteiger partial charge in [0, 0.05) is 42.5 Å². The van der Waals surface area contributed by atoms with Crippen LogP contribution in [0.4, 0.5) is 4.39 Å². The molecule has 0 saturated carbocycles. The molecule has 0 aliphatic rings. The van der Waals surface area contributed by atoms with Crippen molar-refractivity contribution in [2.75, 3.05) is 13.7 Å². The molecule has 182 valence electrons. The highest BCUT2D eigenvalue weighted by atomic mass is 19.1. The van der Waals surface area contributed by atoms with Crippen molar-refractivity contribution < 1.29 is 13.9 Å². The van der Waals surface area contributed by atoms with Crippen LogP contribution >= 0.6 is 0 Å². The lowest BCUT2D eigenvalue weighted by atomic mass is 9.87. The molecule has 4 nitrogen and oxygen atoms in total. The van der Waals surface area contributed by atoms with E-state index in [0.717, 1.165) is 33.3 Å². The van der Waals surface area contributed by atoms with Crippen LogP contribution in [-0.2, 0) is 11.3 Å². The average Bonchev–Trinajstić information content (AvgIpc) is 3.21. The summed E-state index contributed by atoms with van der Waals surface area (Å²) >= 11 is 0. The van der Waals surface area contributed by atoms with Gasteiger partial charge in [0.1, 0.15) is 11.6 Å². The first kappa shape index (κ1) is 24.5. The summed E-state index contributed by atoms with van der Waals surface area (Å²) in [5, 5.41) is 4.04. The fourth-order valence-electron chi connectivity index (χ4n) is 4.50. The van der Waals surface area contributed by atoms with Crippen LogP contribution in [0.2, 0.25) is 0 Å². The van der Waals surface area contributed by atoms with Gasteiger partial charge in [-0.15, -0.1) is 0 Å². The summed E-state index contributed by atoms with van der Waals surface area (Å²) in [5.74, 6) is 0.402. The van der Waals surface area contributed by atoms with Crippen molar-refractivity contribution >= 4 is 16.8 Å². The molecule has 0 fully saturated rings. The molecule has 0 spiro atoms. The van der Waals surface area contributed by atoms with Crippen LogP contribution in [0.15, 0.2) is 72.9 Å². The Labute approximate surface area is 206 Å². The van der Waals surface area contributed by atoms with Crippen molar-refractivity contribution in [1.82, 2.24) is 9.88 Å². The Hall–Kier alpha value is -3.60. The van der Waals surface area contributed by atoms with Crippen molar-refractivity contribution in [2.24, 2.45) is 5.92 Å². The van der Waals surface area contributed by atoms with Crippen LogP contribution in [0.25, 0.3) is 10.9 Å². The monoisotopic (exact) mass is 472 g/mol. The second-order valence-electron chi connectivity index (χ2n) is 9.56. The van der Waals surface area contributed by atoms with Gasteiger partial charge in [0.2, 0.25) is 5.91 Å². The number of aromatic nitrogens is 1. The van der Waals surface area contributed by atoms with Gasteiger partial charge in [0.15, 0.2) is 0 Å². The van der Waals surface area contributed by atoms with Gasteiger partial charge in [-0.1, -0.05) is 61.9 Å². The number of benzene rings is 3. The van der Waals surface area contributed by atoms with Gasteiger partial charge >= 0.3 is 0 Å². The van der Waals surface area contributed by atoms with E-state index in [1.54, 1.807) is 13.2 Å². The van der Waals surface area contributed by atoms with E-state index in [9.17, 15) is 4.79 Å². The van der Waals surface area contributed by atoms with Crippen LogP contribution in [0.1, 0.15) is 48.4 Å². The van der Waals surface area contributed by atoms with Gasteiger partial charge < -0.3 is 14.6 Å². The van der Waals surface area contributed by atoms with E-state index in [4.69, 9.17) is 4.74 Å². The van der Waals surface area contributed by atoms with Gasteiger partial charge in [0.05, 0.1) is 7.11 Å². The zero-order chi connectivity index (χ0) is 24.9. The third kappa shape index (κ3) is 5.73. The summed E-state index contributed by atoms with van der Waals surface area (Å²) in [4.78, 5) is 12.9. The number of hydrogen-bond donors (Lipinski definition) is 1. The summed E-state index contributed by atoms with van der Waals surface area (Å²) in [5.41, 5.74) is 4.66. The van der Waals surface area contributed by atoms with Gasteiger partial charge in [0.25, 0.3) is 0 Å². The quantitative estimate of drug-likeness (QED) is 0.305. The van der Waals surface area contributed by atoms with Gasteiger partial charge in [-0.05, 0) is 53.8 Å². The molecule has 4 aromatic rings. The number of para-hydroxylation sites is 1. The highest BCUT2D eigenvalue weighted by Crippen LogP contribution is 2.36. The van der Waals surface area contributed by atoms with Crippen LogP contribution in [0.5, 0.6) is 5.75 Å². The van der Waals surface area contributed by atoms with E-state index in [2.05, 4.69) is 42.1 Å². The minimum Gasteiger partial charge on any atom is -0.497 e. The van der Waals surface area contributed by atoms with Crippen molar-refractivity contribution in [1.29, 1.82) is 0 Å². The molecule has 0 saturated heterocycles.